The lowest BCUT2D eigenvalue weighted by Crippen LogP contribution is -2.00. The Morgan fingerprint density at radius 2 is 0.361 bits per heavy atom. The maximum atomic E-state index is 6.26. The molecule has 2 aromatic heterocycles. The number of rotatable bonds is 10. The number of ether oxygens (including phenoxy) is 1. The minimum absolute atomic E-state index is 0.626. The van der Waals surface area contributed by atoms with Gasteiger partial charge in [0.05, 0.1) is 0 Å². The summed E-state index contributed by atoms with van der Waals surface area (Å²) in [5.74, 6) is 5.32. The maximum Gasteiger partial charge on any atom is 0.164 e. The van der Waals surface area contributed by atoms with Crippen LogP contribution in [0.2, 0.25) is 0 Å². The molecule has 0 bridgehead atoms. The molecule has 0 atom stereocenters. The van der Waals surface area contributed by atoms with Crippen LogP contribution in [0.3, 0.4) is 0 Å². The molecule has 10 aromatic rings. The van der Waals surface area contributed by atoms with Gasteiger partial charge >= 0.3 is 0 Å². The summed E-state index contributed by atoms with van der Waals surface area (Å²) in [6.07, 6.45) is 0. The summed E-state index contributed by atoms with van der Waals surface area (Å²) in [5, 5.41) is 0. The predicted molar refractivity (Wildman–Crippen MR) is 243 cm³/mol. The van der Waals surface area contributed by atoms with Crippen LogP contribution in [-0.4, -0.2) is 29.9 Å². The second-order valence-corrected chi connectivity index (χ2v) is 14.4. The minimum atomic E-state index is 0.626. The predicted octanol–water partition coefficient (Wildman–Crippen LogP) is 13.2. The van der Waals surface area contributed by atoms with Crippen molar-refractivity contribution in [3.63, 3.8) is 0 Å². The molecule has 0 N–H and O–H groups in total. The van der Waals surface area contributed by atoms with Gasteiger partial charge in [0.2, 0.25) is 0 Å². The molecule has 0 saturated carbocycles. The molecule has 0 saturated heterocycles. The van der Waals surface area contributed by atoms with Crippen LogP contribution in [0.4, 0.5) is 0 Å². The summed E-state index contributed by atoms with van der Waals surface area (Å²) >= 11 is 0. The largest absolute Gasteiger partial charge is 0.457 e. The van der Waals surface area contributed by atoms with Crippen LogP contribution < -0.4 is 4.74 Å². The second kappa shape index (κ2) is 16.8. The highest BCUT2D eigenvalue weighted by atomic mass is 16.5. The Labute approximate surface area is 353 Å². The van der Waals surface area contributed by atoms with E-state index in [-0.39, 0.29) is 0 Å². The van der Waals surface area contributed by atoms with Gasteiger partial charge in [-0.25, -0.2) is 29.9 Å². The van der Waals surface area contributed by atoms with Gasteiger partial charge in [-0.1, -0.05) is 194 Å². The number of nitrogens with zero attached hydrogens (tertiary/aromatic N) is 6. The van der Waals surface area contributed by atoms with Gasteiger partial charge in [0, 0.05) is 33.4 Å². The first-order valence-corrected chi connectivity index (χ1v) is 20.0. The van der Waals surface area contributed by atoms with Gasteiger partial charge in [-0.2, -0.15) is 0 Å². The van der Waals surface area contributed by atoms with Crippen LogP contribution in [-0.2, 0) is 0 Å². The SMILES string of the molecule is c1ccc(-c2nc(-c3ccccc3)nc(-c3ccc(-c4ccc(Oc5ccc(-c6ccc(-c7nc(-c8ccccc8)nc(-c8ccccc8)n7)cc6)cc5)cc4)cc3)n2)cc1. The van der Waals surface area contributed by atoms with E-state index in [4.69, 9.17) is 34.6 Å². The lowest BCUT2D eigenvalue weighted by Gasteiger charge is -2.10. The molecule has 0 spiro atoms. The topological polar surface area (TPSA) is 86.6 Å². The summed E-state index contributed by atoms with van der Waals surface area (Å²) in [4.78, 5) is 29.1. The molecule has 288 valence electrons. The molecule has 0 unspecified atom stereocenters. The molecule has 61 heavy (non-hydrogen) atoms. The highest BCUT2D eigenvalue weighted by Gasteiger charge is 2.14. The van der Waals surface area contributed by atoms with Crippen LogP contribution in [0.15, 0.2) is 218 Å². The maximum absolute atomic E-state index is 6.26. The third-order valence-corrected chi connectivity index (χ3v) is 10.3. The zero-order valence-electron chi connectivity index (χ0n) is 32.9. The number of benzene rings is 8. The first-order chi connectivity index (χ1) is 30.2. The van der Waals surface area contributed by atoms with Crippen LogP contribution in [0.5, 0.6) is 11.5 Å². The fourth-order valence-corrected chi connectivity index (χ4v) is 7.07. The number of hydrogen-bond acceptors (Lipinski definition) is 7. The Bertz CT molecular complexity index is 2710. The van der Waals surface area contributed by atoms with E-state index < -0.39 is 0 Å². The smallest absolute Gasteiger partial charge is 0.164 e. The zero-order valence-corrected chi connectivity index (χ0v) is 32.9. The number of hydrogen-bond donors (Lipinski definition) is 0. The second-order valence-electron chi connectivity index (χ2n) is 14.4. The highest BCUT2D eigenvalue weighted by molar-refractivity contribution is 5.73. The zero-order chi connectivity index (χ0) is 40.8. The molecule has 10 rings (SSSR count). The summed E-state index contributed by atoms with van der Waals surface area (Å²) in [7, 11) is 0. The molecule has 0 amide bonds. The van der Waals surface area contributed by atoms with Crippen LogP contribution in [0.1, 0.15) is 0 Å². The monoisotopic (exact) mass is 784 g/mol. The van der Waals surface area contributed by atoms with Crippen molar-refractivity contribution < 1.29 is 4.74 Å². The van der Waals surface area contributed by atoms with Crippen molar-refractivity contribution in [1.29, 1.82) is 0 Å². The van der Waals surface area contributed by atoms with E-state index in [2.05, 4.69) is 72.8 Å². The molecule has 0 aliphatic rings. The Balaban J connectivity index is 0.827. The van der Waals surface area contributed by atoms with Gasteiger partial charge < -0.3 is 4.74 Å². The van der Waals surface area contributed by atoms with E-state index >= 15 is 0 Å². The van der Waals surface area contributed by atoms with Gasteiger partial charge in [0.1, 0.15) is 11.5 Å². The van der Waals surface area contributed by atoms with E-state index in [1.54, 1.807) is 0 Å². The Kier molecular flexibility index (Phi) is 10.2. The third kappa shape index (κ3) is 8.30. The van der Waals surface area contributed by atoms with Crippen molar-refractivity contribution in [2.45, 2.75) is 0 Å². The lowest BCUT2D eigenvalue weighted by molar-refractivity contribution is 0.483. The number of aromatic nitrogens is 6. The normalized spacial score (nSPS) is 11.0. The van der Waals surface area contributed by atoms with E-state index in [0.717, 1.165) is 67.1 Å². The first kappa shape index (κ1) is 36.9. The van der Waals surface area contributed by atoms with Crippen molar-refractivity contribution in [3.05, 3.63) is 218 Å². The van der Waals surface area contributed by atoms with Crippen molar-refractivity contribution in [3.8, 4) is 102 Å². The highest BCUT2D eigenvalue weighted by Crippen LogP contribution is 2.32. The quantitative estimate of drug-likeness (QED) is 0.136. The van der Waals surface area contributed by atoms with Crippen molar-refractivity contribution in [1.82, 2.24) is 29.9 Å². The molecule has 0 aliphatic heterocycles. The fourth-order valence-electron chi connectivity index (χ4n) is 7.07. The average Bonchev–Trinajstić information content (AvgIpc) is 3.35. The molecular weight excluding hydrogens is 749 g/mol. The van der Waals surface area contributed by atoms with Crippen LogP contribution in [0, 0.1) is 0 Å². The van der Waals surface area contributed by atoms with Crippen molar-refractivity contribution in [2.24, 2.45) is 0 Å². The van der Waals surface area contributed by atoms with Gasteiger partial charge in [0.25, 0.3) is 0 Å². The molecule has 2 heterocycles. The first-order valence-electron chi connectivity index (χ1n) is 20.0. The molecule has 7 nitrogen and oxygen atoms in total. The molecule has 8 aromatic carbocycles. The fraction of sp³-hybridized carbons (Fsp3) is 0. The van der Waals surface area contributed by atoms with Gasteiger partial charge in [-0.15, -0.1) is 0 Å². The van der Waals surface area contributed by atoms with E-state index in [9.17, 15) is 0 Å². The van der Waals surface area contributed by atoms with Crippen LogP contribution in [0.25, 0.3) is 90.6 Å². The molecule has 7 heteroatoms. The van der Waals surface area contributed by atoms with Crippen molar-refractivity contribution in [2.75, 3.05) is 0 Å². The van der Waals surface area contributed by atoms with Gasteiger partial charge in [0.15, 0.2) is 34.9 Å². The summed E-state index contributed by atoms with van der Waals surface area (Å²) in [6.45, 7) is 0. The Hall–Kier alpha value is -8.42. The molecular formula is C54H36N6O. The lowest BCUT2D eigenvalue weighted by atomic mass is 10.0. The summed E-state index contributed by atoms with van der Waals surface area (Å²) < 4.78 is 6.26. The Morgan fingerprint density at radius 3 is 0.590 bits per heavy atom. The van der Waals surface area contributed by atoms with Crippen molar-refractivity contribution >= 4 is 0 Å². The van der Waals surface area contributed by atoms with E-state index in [1.165, 1.54) is 0 Å². The summed E-state index contributed by atoms with van der Waals surface area (Å²) in [6, 6.07) is 72.9. The standard InChI is InChI=1S/C54H36N6O/c1-5-13-41(14-6-1)49-55-50(42-15-7-2-8-16-42)58-53(57-49)45-25-21-37(22-26-45)39-29-33-47(34-30-39)61-48-35-31-40(32-36-48)38-23-27-46(28-24-38)54-59-51(43-17-9-3-10-18-43)56-52(60-54)44-19-11-4-12-20-44/h1-36H. The van der Waals surface area contributed by atoms with E-state index in [1.807, 2.05) is 146 Å². The molecule has 0 fully saturated rings. The molecule has 0 radical (unpaired) electrons. The van der Waals surface area contributed by atoms with E-state index in [0.29, 0.717) is 34.9 Å². The summed E-state index contributed by atoms with van der Waals surface area (Å²) in [5.41, 5.74) is 9.91. The van der Waals surface area contributed by atoms with Gasteiger partial charge in [-0.3, -0.25) is 0 Å². The molecule has 0 aliphatic carbocycles. The van der Waals surface area contributed by atoms with Crippen LogP contribution >= 0.6 is 0 Å². The average molecular weight is 785 g/mol. The Morgan fingerprint density at radius 1 is 0.180 bits per heavy atom. The minimum Gasteiger partial charge on any atom is -0.457 e. The van der Waals surface area contributed by atoms with Gasteiger partial charge in [-0.05, 0) is 46.5 Å². The third-order valence-electron chi connectivity index (χ3n) is 10.3.